The van der Waals surface area contributed by atoms with Gasteiger partial charge in [0.2, 0.25) is 0 Å². The molecule has 3 rings (SSSR count). The van der Waals surface area contributed by atoms with Crippen LogP contribution in [0.2, 0.25) is 0 Å². The first-order valence-electron chi connectivity index (χ1n) is 10.6. The van der Waals surface area contributed by atoms with Crippen molar-refractivity contribution in [3.63, 3.8) is 0 Å². The first kappa shape index (κ1) is 20.9. The van der Waals surface area contributed by atoms with Gasteiger partial charge < -0.3 is 0 Å². The Balaban J connectivity index is 1.49. The van der Waals surface area contributed by atoms with Gasteiger partial charge in [0, 0.05) is 11.8 Å². The minimum atomic E-state index is -4.39. The van der Waals surface area contributed by atoms with Crippen LogP contribution in [0.1, 0.15) is 69.5 Å². The molecule has 1 aliphatic rings. The van der Waals surface area contributed by atoms with Crippen LogP contribution in [0.5, 0.6) is 0 Å². The van der Waals surface area contributed by atoms with Crippen molar-refractivity contribution < 1.29 is 13.2 Å². The van der Waals surface area contributed by atoms with E-state index in [-0.39, 0.29) is 0 Å². The zero-order valence-corrected chi connectivity index (χ0v) is 16.6. The van der Waals surface area contributed by atoms with Gasteiger partial charge in [-0.1, -0.05) is 82.2 Å². The summed E-state index contributed by atoms with van der Waals surface area (Å²) in [6.07, 6.45) is 8.82. The normalized spacial score (nSPS) is 20.3. The van der Waals surface area contributed by atoms with Crippen LogP contribution >= 0.6 is 0 Å². The molecule has 0 spiro atoms. The lowest BCUT2D eigenvalue weighted by atomic mass is 9.78. The largest absolute Gasteiger partial charge is 0.433 e. The van der Waals surface area contributed by atoms with Crippen molar-refractivity contribution >= 4 is 0 Å². The van der Waals surface area contributed by atoms with Gasteiger partial charge in [0.25, 0.3) is 0 Å². The molecular weight excluding hydrogens is 359 g/mol. The molecular formula is C24H30F3N. The molecule has 1 aromatic heterocycles. The number of pyridine rings is 1. The van der Waals surface area contributed by atoms with Crippen molar-refractivity contribution in [2.75, 3.05) is 0 Å². The fourth-order valence-electron chi connectivity index (χ4n) is 4.27. The maximum atomic E-state index is 12.6. The molecule has 4 heteroatoms. The van der Waals surface area contributed by atoms with E-state index in [1.54, 1.807) is 0 Å². The Morgan fingerprint density at radius 2 is 1.46 bits per heavy atom. The molecule has 0 unspecified atom stereocenters. The molecule has 0 atom stereocenters. The summed E-state index contributed by atoms with van der Waals surface area (Å²) >= 11 is 0. The lowest BCUT2D eigenvalue weighted by Gasteiger charge is -2.28. The average molecular weight is 390 g/mol. The van der Waals surface area contributed by atoms with E-state index in [0.29, 0.717) is 5.56 Å². The highest BCUT2D eigenvalue weighted by Crippen LogP contribution is 2.34. The Labute approximate surface area is 166 Å². The van der Waals surface area contributed by atoms with Gasteiger partial charge in [-0.15, -0.1) is 0 Å². The lowest BCUT2D eigenvalue weighted by Crippen LogP contribution is -2.15. The SMILES string of the molecule is CCCC[C@H]1CC[C@H](CCc2ccc(-c3ccc(C(F)(F)F)nc3)cc2)CC1. The first-order valence-corrected chi connectivity index (χ1v) is 10.6. The highest BCUT2D eigenvalue weighted by molar-refractivity contribution is 5.62. The predicted molar refractivity (Wildman–Crippen MR) is 108 cm³/mol. The van der Waals surface area contributed by atoms with Crippen LogP contribution in [-0.4, -0.2) is 4.98 Å². The van der Waals surface area contributed by atoms with Crippen molar-refractivity contribution in [1.82, 2.24) is 4.98 Å². The minimum absolute atomic E-state index is 0.713. The number of hydrogen-bond donors (Lipinski definition) is 0. The summed E-state index contributed by atoms with van der Waals surface area (Å²) in [7, 11) is 0. The second-order valence-electron chi connectivity index (χ2n) is 8.19. The van der Waals surface area contributed by atoms with Crippen molar-refractivity contribution in [2.24, 2.45) is 11.8 Å². The summed E-state index contributed by atoms with van der Waals surface area (Å²) < 4.78 is 37.9. The third-order valence-electron chi connectivity index (χ3n) is 6.11. The van der Waals surface area contributed by atoms with Gasteiger partial charge in [-0.2, -0.15) is 13.2 Å². The number of aryl methyl sites for hydroxylation is 1. The molecule has 0 N–H and O–H groups in total. The lowest BCUT2D eigenvalue weighted by molar-refractivity contribution is -0.141. The van der Waals surface area contributed by atoms with E-state index < -0.39 is 11.9 Å². The monoisotopic (exact) mass is 389 g/mol. The summed E-state index contributed by atoms with van der Waals surface area (Å²) in [5.74, 6) is 1.80. The number of nitrogens with zero attached hydrogens (tertiary/aromatic N) is 1. The third kappa shape index (κ3) is 5.83. The van der Waals surface area contributed by atoms with E-state index in [4.69, 9.17) is 0 Å². The Morgan fingerprint density at radius 1 is 0.857 bits per heavy atom. The summed E-state index contributed by atoms with van der Waals surface area (Å²) in [6.45, 7) is 2.27. The number of aromatic nitrogens is 1. The van der Waals surface area contributed by atoms with Gasteiger partial charge >= 0.3 is 6.18 Å². The van der Waals surface area contributed by atoms with E-state index in [1.807, 2.05) is 12.1 Å². The molecule has 1 aliphatic carbocycles. The van der Waals surface area contributed by atoms with Crippen LogP contribution in [-0.2, 0) is 12.6 Å². The summed E-state index contributed by atoms with van der Waals surface area (Å²) in [4.78, 5) is 3.55. The van der Waals surface area contributed by atoms with Gasteiger partial charge in [0.15, 0.2) is 0 Å². The molecule has 1 nitrogen and oxygen atoms in total. The number of unbranched alkanes of at least 4 members (excludes halogenated alkanes) is 1. The molecule has 152 valence electrons. The number of rotatable bonds is 7. The van der Waals surface area contributed by atoms with Gasteiger partial charge in [0.05, 0.1) is 0 Å². The molecule has 0 aliphatic heterocycles. The van der Waals surface area contributed by atoms with Crippen molar-refractivity contribution in [1.29, 1.82) is 0 Å². The number of hydrogen-bond acceptors (Lipinski definition) is 1. The van der Waals surface area contributed by atoms with Crippen LogP contribution in [0, 0.1) is 11.8 Å². The maximum Gasteiger partial charge on any atom is 0.433 e. The Bertz CT molecular complexity index is 711. The summed E-state index contributed by atoms with van der Waals surface area (Å²) in [5.41, 5.74) is 2.07. The van der Waals surface area contributed by atoms with Crippen LogP contribution in [0.3, 0.4) is 0 Å². The van der Waals surface area contributed by atoms with Gasteiger partial charge in [-0.05, 0) is 41.9 Å². The number of alkyl halides is 3. The standard InChI is InChI=1S/C24H30F3N/c1-2-3-4-18-5-7-19(8-6-18)9-10-20-11-13-21(14-12-20)22-15-16-23(28-17-22)24(25,26)27/h11-19H,2-10H2,1H3/t18-,19-. The smallest absolute Gasteiger partial charge is 0.251 e. The quantitative estimate of drug-likeness (QED) is 0.473. The molecule has 28 heavy (non-hydrogen) atoms. The Kier molecular flexibility index (Phi) is 7.14. The highest BCUT2D eigenvalue weighted by Gasteiger charge is 2.32. The second-order valence-corrected chi connectivity index (χ2v) is 8.19. The number of halogens is 3. The Hall–Kier alpha value is -1.84. The van der Waals surface area contributed by atoms with Crippen LogP contribution in [0.4, 0.5) is 13.2 Å². The molecule has 2 aromatic rings. The fraction of sp³-hybridized carbons (Fsp3) is 0.542. The zero-order chi connectivity index (χ0) is 20.0. The number of benzene rings is 1. The Morgan fingerprint density at radius 3 is 2.00 bits per heavy atom. The topological polar surface area (TPSA) is 12.9 Å². The van der Waals surface area contributed by atoms with Crippen molar-refractivity contribution in [3.05, 3.63) is 53.9 Å². The van der Waals surface area contributed by atoms with Crippen molar-refractivity contribution in [3.8, 4) is 11.1 Å². The van der Waals surface area contributed by atoms with Crippen molar-refractivity contribution in [2.45, 2.75) is 70.9 Å². The first-order chi connectivity index (χ1) is 13.5. The predicted octanol–water partition coefficient (Wildman–Crippen LogP) is 7.70. The molecule has 0 bridgehead atoms. The summed E-state index contributed by atoms with van der Waals surface area (Å²) in [6, 6.07) is 10.7. The average Bonchev–Trinajstić information content (AvgIpc) is 2.71. The molecule has 0 amide bonds. The molecule has 0 saturated heterocycles. The van der Waals surface area contributed by atoms with Crippen LogP contribution in [0.15, 0.2) is 42.6 Å². The van der Waals surface area contributed by atoms with E-state index >= 15 is 0 Å². The van der Waals surface area contributed by atoms with E-state index in [0.717, 1.165) is 29.9 Å². The van der Waals surface area contributed by atoms with Gasteiger partial charge in [-0.3, -0.25) is 4.98 Å². The highest BCUT2D eigenvalue weighted by atomic mass is 19.4. The molecule has 0 radical (unpaired) electrons. The van der Waals surface area contributed by atoms with E-state index in [1.165, 1.54) is 69.2 Å². The fourth-order valence-corrected chi connectivity index (χ4v) is 4.27. The molecule has 1 fully saturated rings. The molecule has 1 saturated carbocycles. The maximum absolute atomic E-state index is 12.6. The second kappa shape index (κ2) is 9.58. The van der Waals surface area contributed by atoms with E-state index in [9.17, 15) is 13.2 Å². The van der Waals surface area contributed by atoms with Gasteiger partial charge in [-0.25, -0.2) is 0 Å². The third-order valence-corrected chi connectivity index (χ3v) is 6.11. The summed E-state index contributed by atoms with van der Waals surface area (Å²) in [5, 5.41) is 0. The minimum Gasteiger partial charge on any atom is -0.251 e. The van der Waals surface area contributed by atoms with Crippen LogP contribution < -0.4 is 0 Å². The molecule has 1 heterocycles. The molecule has 1 aromatic carbocycles. The van der Waals surface area contributed by atoms with E-state index in [2.05, 4.69) is 24.0 Å². The zero-order valence-electron chi connectivity index (χ0n) is 16.6. The van der Waals surface area contributed by atoms with Gasteiger partial charge in [0.1, 0.15) is 5.69 Å². The van der Waals surface area contributed by atoms with Crippen LogP contribution in [0.25, 0.3) is 11.1 Å².